The van der Waals surface area contributed by atoms with Gasteiger partial charge in [0.05, 0.1) is 6.04 Å². The number of para-hydroxylation sites is 1. The van der Waals surface area contributed by atoms with Crippen molar-refractivity contribution in [1.82, 2.24) is 10.6 Å². The molecule has 23 heavy (non-hydrogen) atoms. The summed E-state index contributed by atoms with van der Waals surface area (Å²) >= 11 is 0. The van der Waals surface area contributed by atoms with Gasteiger partial charge < -0.3 is 15.1 Å². The van der Waals surface area contributed by atoms with E-state index in [0.29, 0.717) is 24.4 Å². The first-order valence-corrected chi connectivity index (χ1v) is 8.71. The van der Waals surface area contributed by atoms with E-state index in [1.165, 1.54) is 12.8 Å². The zero-order valence-electron chi connectivity index (χ0n) is 13.5. The molecule has 1 aromatic heterocycles. The van der Waals surface area contributed by atoms with Crippen molar-refractivity contribution in [2.24, 2.45) is 5.92 Å². The number of carbonyl (C=O) groups excluding carboxylic acids is 1. The van der Waals surface area contributed by atoms with Crippen LogP contribution in [0.3, 0.4) is 0 Å². The third-order valence-corrected chi connectivity index (χ3v) is 5.29. The molecule has 0 radical (unpaired) electrons. The van der Waals surface area contributed by atoms with Crippen LogP contribution in [-0.4, -0.2) is 18.0 Å². The smallest absolute Gasteiger partial charge is 0.220 e. The van der Waals surface area contributed by atoms with E-state index < -0.39 is 0 Å². The molecule has 4 rings (SSSR count). The Hall–Kier alpha value is -1.81. The van der Waals surface area contributed by atoms with Crippen LogP contribution in [0.2, 0.25) is 0 Å². The van der Waals surface area contributed by atoms with Crippen molar-refractivity contribution in [2.75, 3.05) is 0 Å². The highest BCUT2D eigenvalue weighted by Crippen LogP contribution is 2.33. The van der Waals surface area contributed by atoms with Crippen LogP contribution in [0.25, 0.3) is 11.0 Å². The molecule has 122 valence electrons. The van der Waals surface area contributed by atoms with Gasteiger partial charge in [0.1, 0.15) is 11.3 Å². The molecule has 3 unspecified atom stereocenters. The van der Waals surface area contributed by atoms with Gasteiger partial charge in [0, 0.05) is 23.9 Å². The van der Waals surface area contributed by atoms with Gasteiger partial charge in [-0.05, 0) is 50.7 Å². The van der Waals surface area contributed by atoms with Gasteiger partial charge in [-0.15, -0.1) is 0 Å². The minimum Gasteiger partial charge on any atom is -0.459 e. The number of carbonyl (C=O) groups is 1. The zero-order chi connectivity index (χ0) is 15.8. The summed E-state index contributed by atoms with van der Waals surface area (Å²) < 4.78 is 5.84. The molecule has 3 heterocycles. The average Bonchev–Trinajstić information content (AvgIpc) is 3.10. The second-order valence-corrected chi connectivity index (χ2v) is 7.16. The Morgan fingerprint density at radius 1 is 1.30 bits per heavy atom. The van der Waals surface area contributed by atoms with Gasteiger partial charge in [-0.3, -0.25) is 4.79 Å². The predicted octanol–water partition coefficient (Wildman–Crippen LogP) is 3.53. The van der Waals surface area contributed by atoms with Gasteiger partial charge in [0.15, 0.2) is 0 Å². The van der Waals surface area contributed by atoms with Crippen molar-refractivity contribution >= 4 is 16.9 Å². The van der Waals surface area contributed by atoms with Crippen molar-refractivity contribution in [1.29, 1.82) is 0 Å². The van der Waals surface area contributed by atoms with Gasteiger partial charge in [-0.2, -0.15) is 0 Å². The number of piperidine rings is 1. The molecule has 2 aliphatic rings. The van der Waals surface area contributed by atoms with E-state index in [9.17, 15) is 4.79 Å². The zero-order valence-corrected chi connectivity index (χ0v) is 13.5. The largest absolute Gasteiger partial charge is 0.459 e. The molecule has 0 saturated carbocycles. The summed E-state index contributed by atoms with van der Waals surface area (Å²) in [6.07, 6.45) is 5.47. The van der Waals surface area contributed by atoms with E-state index in [4.69, 9.17) is 4.42 Å². The van der Waals surface area contributed by atoms with Gasteiger partial charge in [0.25, 0.3) is 0 Å². The van der Waals surface area contributed by atoms with Crippen molar-refractivity contribution in [2.45, 2.75) is 57.2 Å². The minimum absolute atomic E-state index is 0.0895. The predicted molar refractivity (Wildman–Crippen MR) is 90.1 cm³/mol. The van der Waals surface area contributed by atoms with E-state index in [2.05, 4.69) is 10.6 Å². The highest BCUT2D eigenvalue weighted by atomic mass is 16.3. The van der Waals surface area contributed by atoms with Crippen LogP contribution in [0, 0.1) is 5.92 Å². The fourth-order valence-electron chi connectivity index (χ4n) is 4.19. The molecule has 2 bridgehead atoms. The van der Waals surface area contributed by atoms with Gasteiger partial charge >= 0.3 is 0 Å². The Morgan fingerprint density at radius 2 is 2.04 bits per heavy atom. The first kappa shape index (κ1) is 14.8. The molecule has 2 aromatic rings. The van der Waals surface area contributed by atoms with Crippen LogP contribution in [-0.2, 0) is 4.79 Å². The molecule has 1 amide bonds. The third kappa shape index (κ3) is 3.13. The van der Waals surface area contributed by atoms with Gasteiger partial charge in [-0.25, -0.2) is 0 Å². The minimum atomic E-state index is -0.0895. The molecular weight excluding hydrogens is 288 g/mol. The highest BCUT2D eigenvalue weighted by molar-refractivity contribution is 5.79. The number of benzene rings is 1. The summed E-state index contributed by atoms with van der Waals surface area (Å²) in [4.78, 5) is 12.4. The summed E-state index contributed by atoms with van der Waals surface area (Å²) in [6, 6.07) is 11.2. The number of nitrogens with one attached hydrogen (secondary N) is 2. The molecule has 1 aromatic carbocycles. The van der Waals surface area contributed by atoms with Crippen LogP contribution < -0.4 is 10.6 Å². The Morgan fingerprint density at radius 3 is 2.78 bits per heavy atom. The Balaban J connectivity index is 1.36. The van der Waals surface area contributed by atoms with Crippen molar-refractivity contribution < 1.29 is 9.21 Å². The summed E-state index contributed by atoms with van der Waals surface area (Å²) in [5, 5.41) is 7.81. The maximum atomic E-state index is 12.4. The number of amides is 1. The molecule has 0 spiro atoms. The first-order chi connectivity index (χ1) is 11.2. The van der Waals surface area contributed by atoms with Crippen LogP contribution in [0.1, 0.15) is 50.8 Å². The van der Waals surface area contributed by atoms with Crippen LogP contribution in [0.15, 0.2) is 34.7 Å². The number of furan rings is 1. The fraction of sp³-hybridized carbons (Fsp3) is 0.526. The summed E-state index contributed by atoms with van der Waals surface area (Å²) in [7, 11) is 0. The summed E-state index contributed by atoms with van der Waals surface area (Å²) in [5.41, 5.74) is 0.874. The molecule has 4 heteroatoms. The Bertz CT molecular complexity index is 663. The van der Waals surface area contributed by atoms with E-state index in [-0.39, 0.29) is 11.9 Å². The molecule has 2 fully saturated rings. The lowest BCUT2D eigenvalue weighted by atomic mass is 9.89. The van der Waals surface area contributed by atoms with Crippen LogP contribution in [0.4, 0.5) is 0 Å². The van der Waals surface area contributed by atoms with E-state index in [1.807, 2.05) is 37.3 Å². The molecule has 0 aliphatic carbocycles. The van der Waals surface area contributed by atoms with E-state index in [1.54, 1.807) is 0 Å². The van der Waals surface area contributed by atoms with Crippen LogP contribution in [0.5, 0.6) is 0 Å². The summed E-state index contributed by atoms with van der Waals surface area (Å²) in [5.74, 6) is 1.49. The molecule has 2 saturated heterocycles. The van der Waals surface area contributed by atoms with E-state index in [0.717, 1.165) is 29.6 Å². The Kier molecular flexibility index (Phi) is 3.85. The maximum absolute atomic E-state index is 12.4. The average molecular weight is 312 g/mol. The first-order valence-electron chi connectivity index (χ1n) is 8.71. The summed E-state index contributed by atoms with van der Waals surface area (Å²) in [6.45, 7) is 1.99. The van der Waals surface area contributed by atoms with Crippen molar-refractivity contribution in [3.63, 3.8) is 0 Å². The number of hydrogen-bond donors (Lipinski definition) is 2. The number of fused-ring (bicyclic) bond motifs is 3. The normalized spacial score (nSPS) is 28.0. The monoisotopic (exact) mass is 312 g/mol. The Labute approximate surface area is 136 Å². The third-order valence-electron chi connectivity index (χ3n) is 5.29. The van der Waals surface area contributed by atoms with E-state index >= 15 is 0 Å². The topological polar surface area (TPSA) is 54.3 Å². The number of hydrogen-bond acceptors (Lipinski definition) is 3. The SMILES string of the molecule is CC(NC(=O)CC1CC2CCC(C1)N2)c1cc2ccccc2o1. The second-order valence-electron chi connectivity index (χ2n) is 7.16. The van der Waals surface area contributed by atoms with Crippen molar-refractivity contribution in [3.05, 3.63) is 36.1 Å². The molecule has 3 atom stereocenters. The fourth-order valence-corrected chi connectivity index (χ4v) is 4.19. The molecule has 2 aliphatic heterocycles. The maximum Gasteiger partial charge on any atom is 0.220 e. The molecular formula is C19H24N2O2. The lowest BCUT2D eigenvalue weighted by Crippen LogP contribution is -2.40. The second kappa shape index (κ2) is 6.00. The van der Waals surface area contributed by atoms with Gasteiger partial charge in [-0.1, -0.05) is 18.2 Å². The highest BCUT2D eigenvalue weighted by Gasteiger charge is 2.34. The lowest BCUT2D eigenvalue weighted by Gasteiger charge is -2.28. The quantitative estimate of drug-likeness (QED) is 0.908. The standard InChI is InChI=1S/C19H24N2O2/c1-12(18-11-14-4-2-3-5-17(14)23-18)20-19(22)10-13-8-15-6-7-16(9-13)21-15/h2-5,11-13,15-16,21H,6-10H2,1H3,(H,20,22). The molecule has 4 nitrogen and oxygen atoms in total. The van der Waals surface area contributed by atoms with Gasteiger partial charge in [0.2, 0.25) is 5.91 Å². The van der Waals surface area contributed by atoms with Crippen LogP contribution >= 0.6 is 0 Å². The lowest BCUT2D eigenvalue weighted by molar-refractivity contribution is -0.123. The van der Waals surface area contributed by atoms with Crippen molar-refractivity contribution in [3.8, 4) is 0 Å². The molecule has 2 N–H and O–H groups in total. The number of rotatable bonds is 4.